The summed E-state index contributed by atoms with van der Waals surface area (Å²) in [6.07, 6.45) is -0.988. The molecule has 0 aliphatic carbocycles. The summed E-state index contributed by atoms with van der Waals surface area (Å²) in [6.45, 7) is -1.16. The fraction of sp³-hybridized carbons (Fsp3) is 0.400. The van der Waals surface area contributed by atoms with Gasteiger partial charge in [0.2, 0.25) is 5.50 Å². The fourth-order valence-electron chi connectivity index (χ4n) is 1.13. The number of ether oxygens (including phenoxy) is 1. The number of aliphatic hydroxyl groups excluding tert-OH is 1. The Morgan fingerprint density at radius 2 is 1.83 bits per heavy atom. The van der Waals surface area contributed by atoms with E-state index in [1.807, 2.05) is 0 Å². The molecule has 0 bridgehead atoms. The first-order chi connectivity index (χ1) is 7.91. The molecule has 96 valence electrons. The topological polar surface area (TPSA) is 86.7 Å². The Morgan fingerprint density at radius 3 is 2.33 bits per heavy atom. The zero-order valence-corrected chi connectivity index (χ0v) is 12.6. The van der Waals surface area contributed by atoms with Crippen molar-refractivity contribution in [3.63, 3.8) is 0 Å². The SMILES string of the molecule is O=S(=O)([O-])C(F)COCC(O)c1ccccc1.[Na+]. The van der Waals surface area contributed by atoms with Gasteiger partial charge in [-0.3, -0.25) is 0 Å². The van der Waals surface area contributed by atoms with Crippen LogP contribution in [0.4, 0.5) is 4.39 Å². The van der Waals surface area contributed by atoms with Crippen LogP contribution in [0.5, 0.6) is 0 Å². The molecule has 0 fully saturated rings. The van der Waals surface area contributed by atoms with Crippen LogP contribution in [0.15, 0.2) is 30.3 Å². The van der Waals surface area contributed by atoms with Crippen LogP contribution in [-0.4, -0.2) is 36.8 Å². The van der Waals surface area contributed by atoms with Gasteiger partial charge in [-0.1, -0.05) is 30.3 Å². The Morgan fingerprint density at radius 1 is 1.28 bits per heavy atom. The van der Waals surface area contributed by atoms with E-state index in [-0.39, 0.29) is 36.2 Å². The van der Waals surface area contributed by atoms with E-state index in [0.717, 1.165) is 0 Å². The van der Waals surface area contributed by atoms with E-state index < -0.39 is 28.3 Å². The van der Waals surface area contributed by atoms with Crippen LogP contribution in [0.1, 0.15) is 11.7 Å². The average molecular weight is 286 g/mol. The minimum Gasteiger partial charge on any atom is -0.746 e. The first-order valence-corrected chi connectivity index (χ1v) is 6.28. The van der Waals surface area contributed by atoms with Crippen molar-refractivity contribution in [2.75, 3.05) is 13.2 Å². The summed E-state index contributed by atoms with van der Waals surface area (Å²) in [5, 5.41) is 9.56. The van der Waals surface area contributed by atoms with Gasteiger partial charge < -0.3 is 14.4 Å². The Balaban J connectivity index is 0.00000289. The number of benzene rings is 1. The zero-order chi connectivity index (χ0) is 12.9. The first-order valence-electron chi connectivity index (χ1n) is 4.81. The van der Waals surface area contributed by atoms with Crippen LogP contribution >= 0.6 is 0 Å². The molecule has 0 saturated carbocycles. The molecular weight excluding hydrogens is 274 g/mol. The number of hydrogen-bond donors (Lipinski definition) is 1. The minimum absolute atomic E-state index is 0. The number of rotatable bonds is 6. The van der Waals surface area contributed by atoms with E-state index in [4.69, 9.17) is 0 Å². The third-order valence-electron chi connectivity index (χ3n) is 2.02. The molecule has 1 aromatic carbocycles. The zero-order valence-electron chi connectivity index (χ0n) is 9.82. The summed E-state index contributed by atoms with van der Waals surface area (Å²) in [7, 11) is -4.99. The predicted molar refractivity (Wildman–Crippen MR) is 56.8 cm³/mol. The first kappa shape index (κ1) is 18.0. The molecule has 1 aromatic rings. The standard InChI is InChI=1S/C10H13FO5S.Na/c11-10(17(13,14)15)7-16-6-9(12)8-4-2-1-3-5-8;/h1-5,9-10,12H,6-7H2,(H,13,14,15);/q;+1/p-1. The summed E-state index contributed by atoms with van der Waals surface area (Å²) < 4.78 is 47.9. The molecular formula is C10H12FNaO5S. The molecule has 0 amide bonds. The van der Waals surface area contributed by atoms with Gasteiger partial charge in [-0.25, -0.2) is 12.8 Å². The molecule has 0 spiro atoms. The third kappa shape index (κ3) is 6.24. The molecule has 1 N–H and O–H groups in total. The molecule has 0 heterocycles. The van der Waals surface area contributed by atoms with Crippen LogP contribution in [0.25, 0.3) is 0 Å². The third-order valence-corrected chi connectivity index (χ3v) is 2.78. The normalized spacial score (nSPS) is 14.6. The van der Waals surface area contributed by atoms with Gasteiger partial charge in [0.25, 0.3) is 0 Å². The monoisotopic (exact) mass is 286 g/mol. The molecule has 0 aromatic heterocycles. The van der Waals surface area contributed by atoms with Crippen LogP contribution in [0.2, 0.25) is 0 Å². The van der Waals surface area contributed by atoms with Crippen LogP contribution in [0.3, 0.4) is 0 Å². The van der Waals surface area contributed by atoms with E-state index in [9.17, 15) is 22.5 Å². The maximum absolute atomic E-state index is 12.7. The molecule has 1 rings (SSSR count). The van der Waals surface area contributed by atoms with Crippen molar-refractivity contribution in [2.45, 2.75) is 11.6 Å². The molecule has 0 aliphatic rings. The van der Waals surface area contributed by atoms with E-state index in [2.05, 4.69) is 4.74 Å². The number of alkyl halides is 1. The summed E-state index contributed by atoms with van der Waals surface area (Å²) in [4.78, 5) is 0. The van der Waals surface area contributed by atoms with Gasteiger partial charge in [-0.05, 0) is 5.56 Å². The maximum atomic E-state index is 12.7. The van der Waals surface area contributed by atoms with Crippen molar-refractivity contribution < 1.29 is 56.8 Å². The van der Waals surface area contributed by atoms with Crippen LogP contribution < -0.4 is 29.6 Å². The number of hydrogen-bond acceptors (Lipinski definition) is 5. The second kappa shape index (κ2) is 8.21. The molecule has 5 nitrogen and oxygen atoms in total. The summed E-state index contributed by atoms with van der Waals surface area (Å²) >= 11 is 0. The van der Waals surface area contributed by atoms with E-state index >= 15 is 0 Å². The van der Waals surface area contributed by atoms with E-state index in [0.29, 0.717) is 5.56 Å². The molecule has 2 unspecified atom stereocenters. The van der Waals surface area contributed by atoms with Crippen LogP contribution in [-0.2, 0) is 14.9 Å². The van der Waals surface area contributed by atoms with Crippen molar-refractivity contribution in [1.82, 2.24) is 0 Å². The minimum atomic E-state index is -4.99. The molecule has 8 heteroatoms. The molecule has 18 heavy (non-hydrogen) atoms. The van der Waals surface area contributed by atoms with Crippen molar-refractivity contribution >= 4 is 10.1 Å². The van der Waals surface area contributed by atoms with Gasteiger partial charge in [-0.2, -0.15) is 0 Å². The predicted octanol–water partition coefficient (Wildman–Crippen LogP) is -2.42. The number of aliphatic hydroxyl groups is 1. The van der Waals surface area contributed by atoms with Gasteiger partial charge in [-0.15, -0.1) is 0 Å². The second-order valence-corrected chi connectivity index (χ2v) is 4.86. The fourth-order valence-corrected chi connectivity index (χ4v) is 1.39. The largest absolute Gasteiger partial charge is 1.00 e. The average Bonchev–Trinajstić information content (AvgIpc) is 2.28. The van der Waals surface area contributed by atoms with E-state index in [1.54, 1.807) is 30.3 Å². The van der Waals surface area contributed by atoms with E-state index in [1.165, 1.54) is 0 Å². The summed E-state index contributed by atoms with van der Waals surface area (Å²) in [5.41, 5.74) is -2.04. The van der Waals surface area contributed by atoms with Crippen molar-refractivity contribution in [3.8, 4) is 0 Å². The van der Waals surface area contributed by atoms with Gasteiger partial charge in [0.1, 0.15) is 16.2 Å². The second-order valence-electron chi connectivity index (χ2n) is 3.37. The van der Waals surface area contributed by atoms with Gasteiger partial charge in [0, 0.05) is 0 Å². The quantitative estimate of drug-likeness (QED) is 0.465. The molecule has 0 saturated heterocycles. The van der Waals surface area contributed by atoms with Crippen molar-refractivity contribution in [3.05, 3.63) is 35.9 Å². The van der Waals surface area contributed by atoms with Gasteiger partial charge in [0.05, 0.1) is 13.2 Å². The molecule has 2 atom stereocenters. The van der Waals surface area contributed by atoms with Crippen molar-refractivity contribution in [1.29, 1.82) is 0 Å². The summed E-state index contributed by atoms with van der Waals surface area (Å²) in [5.74, 6) is 0. The smallest absolute Gasteiger partial charge is 0.746 e. The Kier molecular flexibility index (Phi) is 8.20. The van der Waals surface area contributed by atoms with Crippen LogP contribution in [0, 0.1) is 0 Å². The Labute approximate surface area is 127 Å². The summed E-state index contributed by atoms with van der Waals surface area (Å²) in [6, 6.07) is 8.46. The molecule has 0 radical (unpaired) electrons. The van der Waals surface area contributed by atoms with Gasteiger partial charge >= 0.3 is 29.6 Å². The molecule has 0 aliphatic heterocycles. The number of halogens is 1. The Hall–Kier alpha value is -0.0200. The van der Waals surface area contributed by atoms with Gasteiger partial charge in [0.15, 0.2) is 0 Å². The van der Waals surface area contributed by atoms with Crippen molar-refractivity contribution in [2.24, 2.45) is 0 Å². The maximum Gasteiger partial charge on any atom is 1.00 e. The Bertz CT molecular complexity index is 439.